The SMILES string of the molecule is CNCC(C)C[C@H](N)C(=O)OP(N)(=O)[O-].Cc1cn([C@H]2C[C@H](N=[N+]=[N-])[C@@H](CO)O2)c(=O)[nH]c1=O. The van der Waals surface area contributed by atoms with Gasteiger partial charge < -0.3 is 30.3 Å². The summed E-state index contributed by atoms with van der Waals surface area (Å²) in [5.41, 5.74) is 17.7. The van der Waals surface area contributed by atoms with Gasteiger partial charge in [-0.1, -0.05) is 12.0 Å². The number of aliphatic hydroxyl groups is 1. The summed E-state index contributed by atoms with van der Waals surface area (Å²) in [5, 5.41) is 15.6. The molecule has 1 aromatic heterocycles. The lowest BCUT2D eigenvalue weighted by molar-refractivity contribution is -0.200. The zero-order valence-corrected chi connectivity index (χ0v) is 19.9. The van der Waals surface area contributed by atoms with Gasteiger partial charge in [0, 0.05) is 23.1 Å². The molecule has 0 spiro atoms. The number of carbonyl (C=O) groups is 1. The van der Waals surface area contributed by atoms with Gasteiger partial charge in [0.1, 0.15) is 12.3 Å². The second-order valence-electron chi connectivity index (χ2n) is 7.75. The van der Waals surface area contributed by atoms with Gasteiger partial charge >= 0.3 is 11.7 Å². The molecular formula is C17H30N8O8P-. The van der Waals surface area contributed by atoms with Crippen molar-refractivity contribution in [3.63, 3.8) is 0 Å². The van der Waals surface area contributed by atoms with Crippen LogP contribution in [-0.2, 0) is 18.6 Å². The van der Waals surface area contributed by atoms with Crippen LogP contribution >= 0.6 is 7.75 Å². The van der Waals surface area contributed by atoms with E-state index in [0.29, 0.717) is 18.5 Å². The lowest BCUT2D eigenvalue weighted by Gasteiger charge is -2.21. The predicted octanol–water partition coefficient (Wildman–Crippen LogP) is -1.67. The number of nitrogens with two attached hydrogens (primary N) is 2. The first-order valence-electron chi connectivity index (χ1n) is 10.2. The first kappa shape index (κ1) is 29.5. The maximum absolute atomic E-state index is 11.7. The minimum Gasteiger partial charge on any atom is -0.757 e. The van der Waals surface area contributed by atoms with E-state index in [9.17, 15) is 23.8 Å². The van der Waals surface area contributed by atoms with Gasteiger partial charge in [0.25, 0.3) is 13.3 Å². The second kappa shape index (κ2) is 13.4. The van der Waals surface area contributed by atoms with Crippen LogP contribution < -0.4 is 32.7 Å². The first-order chi connectivity index (χ1) is 15.8. The van der Waals surface area contributed by atoms with Gasteiger partial charge in [-0.3, -0.25) is 29.2 Å². The van der Waals surface area contributed by atoms with E-state index in [1.54, 1.807) is 14.0 Å². The van der Waals surface area contributed by atoms with Gasteiger partial charge in [0.2, 0.25) is 0 Å². The lowest BCUT2D eigenvalue weighted by Crippen LogP contribution is -2.36. The number of azide groups is 1. The fourth-order valence-corrected chi connectivity index (χ4v) is 3.58. The number of aliphatic hydroxyl groups excluding tert-OH is 1. The van der Waals surface area contributed by atoms with Gasteiger partial charge in [-0.25, -0.2) is 4.79 Å². The molecule has 1 aromatic rings. The zero-order valence-electron chi connectivity index (χ0n) is 19.0. The van der Waals surface area contributed by atoms with Gasteiger partial charge in [-0.2, -0.15) is 0 Å². The molecule has 34 heavy (non-hydrogen) atoms. The molecule has 1 saturated heterocycles. The molecule has 0 bridgehead atoms. The van der Waals surface area contributed by atoms with Crippen LogP contribution in [0.25, 0.3) is 10.4 Å². The Morgan fingerprint density at radius 1 is 1.59 bits per heavy atom. The summed E-state index contributed by atoms with van der Waals surface area (Å²) in [6.45, 7) is 3.82. The van der Waals surface area contributed by atoms with Crippen LogP contribution in [0, 0.1) is 12.8 Å². The van der Waals surface area contributed by atoms with E-state index in [0.717, 1.165) is 0 Å². The maximum atomic E-state index is 11.7. The van der Waals surface area contributed by atoms with Crippen molar-refractivity contribution in [3.8, 4) is 0 Å². The van der Waals surface area contributed by atoms with Gasteiger partial charge in [-0.05, 0) is 38.4 Å². The van der Waals surface area contributed by atoms with E-state index >= 15 is 0 Å². The monoisotopic (exact) mass is 505 g/mol. The normalized spacial score (nSPS) is 23.0. The van der Waals surface area contributed by atoms with Crippen LogP contribution in [0.5, 0.6) is 0 Å². The summed E-state index contributed by atoms with van der Waals surface area (Å²) in [6.07, 6.45) is 0.662. The van der Waals surface area contributed by atoms with Crippen LogP contribution in [0.15, 0.2) is 20.9 Å². The highest BCUT2D eigenvalue weighted by atomic mass is 31.2. The molecule has 6 atom stereocenters. The molecule has 0 saturated carbocycles. The smallest absolute Gasteiger partial charge is 0.330 e. The second-order valence-corrected chi connectivity index (χ2v) is 9.02. The molecule has 1 aliphatic heterocycles. The number of ether oxygens (including phenoxy) is 1. The molecule has 2 unspecified atom stereocenters. The Morgan fingerprint density at radius 2 is 2.24 bits per heavy atom. The molecule has 0 aliphatic carbocycles. The number of H-pyrrole nitrogens is 1. The Bertz CT molecular complexity index is 1030. The summed E-state index contributed by atoms with van der Waals surface area (Å²) < 4.78 is 21.1. The maximum Gasteiger partial charge on any atom is 0.330 e. The van der Waals surface area contributed by atoms with Crippen LogP contribution in [0.3, 0.4) is 0 Å². The standard InChI is InChI=1S/C10H13N5O4.C7H18N3O4P/c1-5-3-15(10(18)12-9(5)17)8-2-6(13-14-11)7(4-16)19-8;1-5(4-10-2)3-6(8)7(11)14-15(9,12)13/h3,6-8,16H,2,4H2,1H3,(H,12,17,18);5-6,10H,3-4,8H2,1-2H3,(H3,9,12,13)/p-1/t6-,7+,8+;5?,6-/m00/s1. The number of hydrogen-bond acceptors (Lipinski definition) is 11. The van der Waals surface area contributed by atoms with Crippen molar-refractivity contribution in [1.82, 2.24) is 14.9 Å². The van der Waals surface area contributed by atoms with E-state index in [-0.39, 0.29) is 18.9 Å². The molecule has 16 nitrogen and oxygen atoms in total. The molecule has 1 aliphatic rings. The number of aromatic amines is 1. The fraction of sp³-hybridized carbons (Fsp3) is 0.706. The van der Waals surface area contributed by atoms with E-state index in [2.05, 4.69) is 30.4 Å². The number of rotatable bonds is 9. The van der Waals surface area contributed by atoms with Crippen molar-refractivity contribution >= 4 is 13.7 Å². The topological polar surface area (TPSA) is 264 Å². The van der Waals surface area contributed by atoms with Crippen molar-refractivity contribution in [3.05, 3.63) is 43.0 Å². The van der Waals surface area contributed by atoms with Crippen molar-refractivity contribution in [2.24, 2.45) is 22.3 Å². The zero-order chi connectivity index (χ0) is 26.1. The van der Waals surface area contributed by atoms with Crippen molar-refractivity contribution in [2.45, 2.75) is 51.1 Å². The average molecular weight is 505 g/mol. The Morgan fingerprint density at radius 3 is 2.76 bits per heavy atom. The molecule has 0 amide bonds. The van der Waals surface area contributed by atoms with Gasteiger partial charge in [-0.15, -0.1) is 0 Å². The molecule has 17 heteroatoms. The quantitative estimate of drug-likeness (QED) is 0.110. The third-order valence-electron chi connectivity index (χ3n) is 4.77. The number of aryl methyl sites for hydroxylation is 1. The minimum absolute atomic E-state index is 0.140. The Kier molecular flexibility index (Phi) is 11.6. The third-order valence-corrected chi connectivity index (χ3v) is 5.20. The minimum atomic E-state index is -4.53. The van der Waals surface area contributed by atoms with Crippen molar-refractivity contribution in [1.29, 1.82) is 0 Å². The van der Waals surface area contributed by atoms with Gasteiger partial charge in [0.15, 0.2) is 0 Å². The summed E-state index contributed by atoms with van der Waals surface area (Å²) in [4.78, 5) is 49.4. The van der Waals surface area contributed by atoms with Crippen molar-refractivity contribution < 1.29 is 28.6 Å². The Labute approximate surface area is 194 Å². The summed E-state index contributed by atoms with van der Waals surface area (Å²) in [6, 6.07) is -1.52. The Hall–Kier alpha value is -2.55. The third kappa shape index (κ3) is 9.37. The number of carbonyl (C=O) groups excluding carboxylic acids is 1. The van der Waals surface area contributed by atoms with Crippen LogP contribution in [0.1, 0.15) is 31.6 Å². The molecule has 2 rings (SSSR count). The molecule has 7 N–H and O–H groups in total. The summed E-state index contributed by atoms with van der Waals surface area (Å²) in [7, 11) is -2.76. The number of aromatic nitrogens is 2. The van der Waals surface area contributed by atoms with E-state index in [4.69, 9.17) is 21.1 Å². The molecule has 1 fully saturated rings. The van der Waals surface area contributed by atoms with E-state index in [1.807, 2.05) is 6.92 Å². The van der Waals surface area contributed by atoms with Crippen LogP contribution in [-0.4, -0.2) is 59.0 Å². The van der Waals surface area contributed by atoms with E-state index in [1.165, 1.54) is 10.8 Å². The highest BCUT2D eigenvalue weighted by Crippen LogP contribution is 2.29. The van der Waals surface area contributed by atoms with Crippen molar-refractivity contribution in [2.75, 3.05) is 20.2 Å². The fourth-order valence-electron chi connectivity index (χ4n) is 3.19. The highest BCUT2D eigenvalue weighted by Gasteiger charge is 2.35. The largest absolute Gasteiger partial charge is 0.757 e. The average Bonchev–Trinajstić information content (AvgIpc) is 3.13. The molecule has 0 aromatic carbocycles. The predicted molar refractivity (Wildman–Crippen MR) is 118 cm³/mol. The first-order valence-corrected chi connectivity index (χ1v) is 11.8. The summed E-state index contributed by atoms with van der Waals surface area (Å²) >= 11 is 0. The number of nitrogens with zero attached hydrogens (tertiary/aromatic N) is 4. The lowest BCUT2D eigenvalue weighted by atomic mass is 10.0. The molecule has 2 heterocycles. The molecule has 192 valence electrons. The Balaban J connectivity index is 0.000000352. The van der Waals surface area contributed by atoms with Crippen LogP contribution in [0.2, 0.25) is 0 Å². The van der Waals surface area contributed by atoms with Gasteiger partial charge in [0.05, 0.1) is 18.8 Å². The molecule has 0 radical (unpaired) electrons. The van der Waals surface area contributed by atoms with Crippen LogP contribution in [0.4, 0.5) is 0 Å². The molecular weight excluding hydrogens is 475 g/mol. The van der Waals surface area contributed by atoms with E-state index < -0.39 is 49.4 Å². The number of hydrogen-bond donors (Lipinski definition) is 5. The highest BCUT2D eigenvalue weighted by molar-refractivity contribution is 7.49. The number of nitrogens with one attached hydrogen (secondary N) is 2. The summed E-state index contributed by atoms with van der Waals surface area (Å²) in [5.74, 6) is -0.875.